The molecule has 3 atom stereocenters. The Morgan fingerprint density at radius 3 is 2.92 bits per heavy atom. The molecule has 1 amide bonds. The van der Waals surface area contributed by atoms with E-state index < -0.39 is 0 Å². The Balaban J connectivity index is 1.49. The zero-order valence-corrected chi connectivity index (χ0v) is 15.6. The van der Waals surface area contributed by atoms with Crippen LogP contribution in [0, 0.1) is 11.8 Å². The lowest BCUT2D eigenvalue weighted by Crippen LogP contribution is -2.55. The first-order valence-corrected chi connectivity index (χ1v) is 9.42. The molecule has 0 unspecified atom stereocenters. The maximum absolute atomic E-state index is 12.5. The zero-order chi connectivity index (χ0) is 17.3. The van der Waals surface area contributed by atoms with Gasteiger partial charge in [0.05, 0.1) is 6.20 Å². The number of nitrogens with zero attached hydrogens (tertiary/aromatic N) is 3. The van der Waals surface area contributed by atoms with Gasteiger partial charge in [0.15, 0.2) is 0 Å². The van der Waals surface area contributed by atoms with Crippen LogP contribution in [-0.4, -0.2) is 45.8 Å². The van der Waals surface area contributed by atoms with Crippen LogP contribution in [0.15, 0.2) is 12.4 Å². The van der Waals surface area contributed by atoms with Gasteiger partial charge in [0.2, 0.25) is 5.91 Å². The van der Waals surface area contributed by atoms with Gasteiger partial charge in [-0.25, -0.2) is 0 Å². The molecule has 2 fully saturated rings. The van der Waals surface area contributed by atoms with Crippen LogP contribution < -0.4 is 5.32 Å². The van der Waals surface area contributed by atoms with Gasteiger partial charge in [-0.05, 0) is 57.1 Å². The number of aromatic nitrogens is 2. The average molecular weight is 332 g/mol. The second-order valence-corrected chi connectivity index (χ2v) is 8.29. The van der Waals surface area contributed by atoms with E-state index in [-0.39, 0.29) is 17.4 Å². The molecule has 0 radical (unpaired) electrons. The molecule has 134 valence electrons. The SMILES string of the molecule is CC[C@@H]1CCCN(C(C)(C)CNC(=O)[C@@H]2C[C@@H]2c2cnn(C)c2)C1. The van der Waals surface area contributed by atoms with Crippen LogP contribution in [0.4, 0.5) is 0 Å². The average Bonchev–Trinajstić information content (AvgIpc) is 3.27. The summed E-state index contributed by atoms with van der Waals surface area (Å²) in [7, 11) is 1.92. The highest BCUT2D eigenvalue weighted by Crippen LogP contribution is 2.47. The van der Waals surface area contributed by atoms with Crippen molar-refractivity contribution in [2.75, 3.05) is 19.6 Å². The molecular weight excluding hydrogens is 300 g/mol. The molecule has 0 bridgehead atoms. The van der Waals surface area contributed by atoms with E-state index in [1.165, 1.54) is 31.4 Å². The van der Waals surface area contributed by atoms with Gasteiger partial charge in [-0.1, -0.05) is 13.3 Å². The largest absolute Gasteiger partial charge is 0.354 e. The molecular formula is C19H32N4O. The first-order chi connectivity index (χ1) is 11.4. The lowest BCUT2D eigenvalue weighted by Gasteiger charge is -2.43. The van der Waals surface area contributed by atoms with Gasteiger partial charge in [0.25, 0.3) is 0 Å². The molecule has 1 N–H and O–H groups in total. The highest BCUT2D eigenvalue weighted by Gasteiger charge is 2.45. The van der Waals surface area contributed by atoms with Gasteiger partial charge >= 0.3 is 0 Å². The van der Waals surface area contributed by atoms with Crippen molar-refractivity contribution in [3.05, 3.63) is 18.0 Å². The number of aryl methyl sites for hydroxylation is 1. The summed E-state index contributed by atoms with van der Waals surface area (Å²) in [5, 5.41) is 7.43. The smallest absolute Gasteiger partial charge is 0.223 e. The number of piperidine rings is 1. The third-order valence-corrected chi connectivity index (χ3v) is 5.93. The van der Waals surface area contributed by atoms with Crippen molar-refractivity contribution in [2.24, 2.45) is 18.9 Å². The van der Waals surface area contributed by atoms with Gasteiger partial charge < -0.3 is 5.32 Å². The topological polar surface area (TPSA) is 50.2 Å². The number of hydrogen-bond acceptors (Lipinski definition) is 3. The van der Waals surface area contributed by atoms with E-state index in [9.17, 15) is 4.79 Å². The highest BCUT2D eigenvalue weighted by molar-refractivity contribution is 5.82. The Morgan fingerprint density at radius 2 is 2.25 bits per heavy atom. The Bertz CT molecular complexity index is 580. The van der Waals surface area contributed by atoms with Crippen LogP contribution in [0.5, 0.6) is 0 Å². The maximum Gasteiger partial charge on any atom is 0.223 e. The second kappa shape index (κ2) is 6.87. The Kier molecular flexibility index (Phi) is 5.00. The number of carbonyl (C=O) groups excluding carboxylic acids is 1. The van der Waals surface area contributed by atoms with E-state index in [2.05, 4.69) is 36.1 Å². The molecule has 2 heterocycles. The summed E-state index contributed by atoms with van der Waals surface area (Å²) in [6, 6.07) is 0. The van der Waals surface area contributed by atoms with Gasteiger partial charge in [0, 0.05) is 37.8 Å². The molecule has 1 aliphatic heterocycles. The number of carbonyl (C=O) groups is 1. The van der Waals surface area contributed by atoms with Crippen LogP contribution in [0.1, 0.15) is 57.9 Å². The minimum Gasteiger partial charge on any atom is -0.354 e. The summed E-state index contributed by atoms with van der Waals surface area (Å²) in [6.07, 6.45) is 8.76. The van der Waals surface area contributed by atoms with Gasteiger partial charge in [0.1, 0.15) is 0 Å². The Labute approximate surface area is 145 Å². The molecule has 2 aliphatic rings. The van der Waals surface area contributed by atoms with E-state index >= 15 is 0 Å². The molecule has 1 aliphatic carbocycles. The summed E-state index contributed by atoms with van der Waals surface area (Å²) >= 11 is 0. The lowest BCUT2D eigenvalue weighted by atomic mass is 9.91. The predicted octanol–water partition coefficient (Wildman–Crippen LogP) is 2.54. The van der Waals surface area contributed by atoms with Crippen molar-refractivity contribution in [1.82, 2.24) is 20.0 Å². The van der Waals surface area contributed by atoms with Crippen LogP contribution >= 0.6 is 0 Å². The minimum atomic E-state index is 0.0299. The number of nitrogens with one attached hydrogen (secondary N) is 1. The molecule has 1 saturated heterocycles. The molecule has 0 spiro atoms. The molecule has 5 heteroatoms. The van der Waals surface area contributed by atoms with Crippen molar-refractivity contribution in [3.63, 3.8) is 0 Å². The first-order valence-electron chi connectivity index (χ1n) is 9.42. The predicted molar refractivity (Wildman–Crippen MR) is 95.7 cm³/mol. The minimum absolute atomic E-state index is 0.0299. The molecule has 0 aromatic carbocycles. The number of likely N-dealkylation sites (tertiary alicyclic amines) is 1. The Morgan fingerprint density at radius 1 is 1.46 bits per heavy atom. The van der Waals surface area contributed by atoms with Crippen LogP contribution in [0.25, 0.3) is 0 Å². The third-order valence-electron chi connectivity index (χ3n) is 5.93. The second-order valence-electron chi connectivity index (χ2n) is 8.29. The van der Waals surface area contributed by atoms with E-state index in [1.54, 1.807) is 0 Å². The summed E-state index contributed by atoms with van der Waals surface area (Å²) in [5.74, 6) is 1.52. The highest BCUT2D eigenvalue weighted by atomic mass is 16.2. The fourth-order valence-corrected chi connectivity index (χ4v) is 3.98. The van der Waals surface area contributed by atoms with Gasteiger partial charge in [-0.2, -0.15) is 5.10 Å². The number of rotatable bonds is 6. The van der Waals surface area contributed by atoms with Crippen molar-refractivity contribution < 1.29 is 4.79 Å². The molecule has 1 aromatic heterocycles. The molecule has 24 heavy (non-hydrogen) atoms. The van der Waals surface area contributed by atoms with Crippen molar-refractivity contribution in [2.45, 2.75) is 57.9 Å². The first kappa shape index (κ1) is 17.5. The molecule has 1 aromatic rings. The van der Waals surface area contributed by atoms with Crippen molar-refractivity contribution in [1.29, 1.82) is 0 Å². The standard InChI is InChI=1S/C19H32N4O/c1-5-14-7-6-8-23(11-14)19(2,3)13-20-18(24)17-9-16(17)15-10-21-22(4)12-15/h10,12,14,16-17H,5-9,11,13H2,1-4H3,(H,20,24)/t14-,16-,17-/m1/s1. The molecule has 3 rings (SSSR count). The van der Waals surface area contributed by atoms with Crippen LogP contribution in [0.3, 0.4) is 0 Å². The summed E-state index contributed by atoms with van der Waals surface area (Å²) in [6.45, 7) is 9.86. The van der Waals surface area contributed by atoms with Gasteiger partial charge in [-0.15, -0.1) is 0 Å². The van der Waals surface area contributed by atoms with Gasteiger partial charge in [-0.3, -0.25) is 14.4 Å². The quantitative estimate of drug-likeness (QED) is 0.871. The summed E-state index contributed by atoms with van der Waals surface area (Å²) in [5.41, 5.74) is 1.22. The molecule has 5 nitrogen and oxygen atoms in total. The number of amides is 1. The molecule has 1 saturated carbocycles. The van der Waals surface area contributed by atoms with E-state index in [0.29, 0.717) is 5.92 Å². The third kappa shape index (κ3) is 3.82. The Hall–Kier alpha value is -1.36. The normalized spacial score (nSPS) is 27.9. The van der Waals surface area contributed by atoms with Crippen LogP contribution in [-0.2, 0) is 11.8 Å². The lowest BCUT2D eigenvalue weighted by molar-refractivity contribution is -0.123. The zero-order valence-electron chi connectivity index (χ0n) is 15.6. The maximum atomic E-state index is 12.5. The van der Waals surface area contributed by atoms with Crippen LogP contribution in [0.2, 0.25) is 0 Å². The summed E-state index contributed by atoms with van der Waals surface area (Å²) < 4.78 is 1.81. The van der Waals surface area contributed by atoms with E-state index in [0.717, 1.165) is 25.4 Å². The fourth-order valence-electron chi connectivity index (χ4n) is 3.98. The van der Waals surface area contributed by atoms with Crippen molar-refractivity contribution in [3.8, 4) is 0 Å². The summed E-state index contributed by atoms with van der Waals surface area (Å²) in [4.78, 5) is 15.1. The fraction of sp³-hybridized carbons (Fsp3) is 0.789. The van der Waals surface area contributed by atoms with E-state index in [1.807, 2.05) is 24.1 Å². The number of hydrogen-bond donors (Lipinski definition) is 1. The van der Waals surface area contributed by atoms with E-state index in [4.69, 9.17) is 0 Å². The monoisotopic (exact) mass is 332 g/mol. The van der Waals surface area contributed by atoms with Crippen molar-refractivity contribution >= 4 is 5.91 Å².